The Hall–Kier alpha value is -2.16. The van der Waals surface area contributed by atoms with Crippen molar-refractivity contribution in [1.82, 2.24) is 10.1 Å². The van der Waals surface area contributed by atoms with Gasteiger partial charge in [-0.1, -0.05) is 41.0 Å². The van der Waals surface area contributed by atoms with Crippen molar-refractivity contribution in [1.29, 1.82) is 0 Å². The Kier molecular flexibility index (Phi) is 5.27. The van der Waals surface area contributed by atoms with E-state index in [0.717, 1.165) is 4.88 Å². The van der Waals surface area contributed by atoms with Crippen LogP contribution in [-0.2, 0) is 9.84 Å². The predicted octanol–water partition coefficient (Wildman–Crippen LogP) is 4.06. The fourth-order valence-electron chi connectivity index (χ4n) is 3.31. The monoisotopic (exact) mass is 436 g/mol. The zero-order valence-corrected chi connectivity index (χ0v) is 17.1. The minimum atomic E-state index is -3.43. The summed E-state index contributed by atoms with van der Waals surface area (Å²) >= 11 is 7.71. The molecule has 1 saturated heterocycles. The average molecular weight is 437 g/mol. The summed E-state index contributed by atoms with van der Waals surface area (Å²) in [6.45, 7) is 0.415. The highest BCUT2D eigenvalue weighted by Gasteiger charge is 2.34. The smallest absolute Gasteiger partial charge is 0.276 e. The molecule has 0 spiro atoms. The number of carbonyl (C=O) groups excluding carboxylic acids is 1. The molecular formula is C19H17ClN2O4S2. The lowest BCUT2D eigenvalue weighted by Gasteiger charge is -2.18. The Labute approximate surface area is 171 Å². The van der Waals surface area contributed by atoms with Gasteiger partial charge in [-0.25, -0.2) is 8.42 Å². The minimum Gasteiger partial charge on any atom is -0.355 e. The van der Waals surface area contributed by atoms with Crippen molar-refractivity contribution in [3.05, 3.63) is 64.1 Å². The van der Waals surface area contributed by atoms with Crippen molar-refractivity contribution in [2.45, 2.75) is 11.7 Å². The van der Waals surface area contributed by atoms with Crippen molar-refractivity contribution in [2.75, 3.05) is 18.8 Å². The highest BCUT2D eigenvalue weighted by atomic mass is 35.5. The molecule has 0 bridgehead atoms. The third kappa shape index (κ3) is 3.72. The van der Waals surface area contributed by atoms with Crippen LogP contribution in [-0.4, -0.2) is 43.2 Å². The fourth-order valence-corrected chi connectivity index (χ4v) is 6.13. The molecule has 1 amide bonds. The van der Waals surface area contributed by atoms with Crippen LogP contribution in [0.3, 0.4) is 0 Å². The van der Waals surface area contributed by atoms with Gasteiger partial charge in [0.05, 0.1) is 15.9 Å². The Morgan fingerprint density at radius 3 is 2.79 bits per heavy atom. The maximum atomic E-state index is 12.8. The second kappa shape index (κ2) is 7.69. The average Bonchev–Trinajstić information content (AvgIpc) is 3.33. The molecule has 3 heterocycles. The number of aromatic nitrogens is 1. The molecule has 0 unspecified atom stereocenters. The molecule has 9 heteroatoms. The lowest BCUT2D eigenvalue weighted by molar-refractivity contribution is 0.0756. The van der Waals surface area contributed by atoms with Gasteiger partial charge in [-0.3, -0.25) is 4.79 Å². The summed E-state index contributed by atoms with van der Waals surface area (Å²) in [5, 5.41) is 5.49. The first-order valence-corrected chi connectivity index (χ1v) is 11.7. The molecule has 146 valence electrons. The van der Waals surface area contributed by atoms with Crippen LogP contribution in [0.1, 0.15) is 27.7 Å². The summed E-state index contributed by atoms with van der Waals surface area (Å²) in [5.74, 6) is 0.0702. The lowest BCUT2D eigenvalue weighted by atomic mass is 10.1. The van der Waals surface area contributed by atoms with E-state index in [-0.39, 0.29) is 30.3 Å². The molecule has 6 nitrogen and oxygen atoms in total. The molecule has 1 aliphatic heterocycles. The summed E-state index contributed by atoms with van der Waals surface area (Å²) in [6, 6.07) is 12.3. The van der Waals surface area contributed by atoms with Crippen molar-refractivity contribution in [2.24, 2.45) is 0 Å². The maximum Gasteiger partial charge on any atom is 0.276 e. The number of halogens is 1. The summed E-state index contributed by atoms with van der Waals surface area (Å²) in [6.07, 6.45) is 0.285. The SMILES string of the molecule is O=C(c1cc(-c2cccs2)on1)N1CC[C@@H](c2ccccc2Cl)S(=O)(=O)CC1. The number of benzene rings is 1. The number of hydrogen-bond donors (Lipinski definition) is 0. The van der Waals surface area contributed by atoms with Crippen LogP contribution >= 0.6 is 22.9 Å². The van der Waals surface area contributed by atoms with Crippen LogP contribution in [0.4, 0.5) is 0 Å². The second-order valence-electron chi connectivity index (χ2n) is 6.51. The van der Waals surface area contributed by atoms with E-state index < -0.39 is 15.1 Å². The zero-order valence-electron chi connectivity index (χ0n) is 14.7. The van der Waals surface area contributed by atoms with Crippen molar-refractivity contribution in [3.63, 3.8) is 0 Å². The molecule has 3 aromatic rings. The van der Waals surface area contributed by atoms with E-state index in [9.17, 15) is 13.2 Å². The van der Waals surface area contributed by atoms with Gasteiger partial charge in [0.2, 0.25) is 0 Å². The largest absolute Gasteiger partial charge is 0.355 e. The topological polar surface area (TPSA) is 80.5 Å². The van der Waals surface area contributed by atoms with E-state index in [1.165, 1.54) is 16.2 Å². The predicted molar refractivity (Wildman–Crippen MR) is 108 cm³/mol. The van der Waals surface area contributed by atoms with Gasteiger partial charge in [0.1, 0.15) is 0 Å². The molecule has 2 aromatic heterocycles. The van der Waals surface area contributed by atoms with Gasteiger partial charge in [-0.15, -0.1) is 11.3 Å². The Morgan fingerprint density at radius 1 is 1.21 bits per heavy atom. The maximum absolute atomic E-state index is 12.8. The molecule has 1 atom stereocenters. The van der Waals surface area contributed by atoms with Crippen LogP contribution in [0.2, 0.25) is 5.02 Å². The van der Waals surface area contributed by atoms with Crippen LogP contribution in [0.15, 0.2) is 52.4 Å². The number of thiophene rings is 1. The first-order chi connectivity index (χ1) is 13.5. The standard InChI is InChI=1S/C19H17ClN2O4S2/c20-14-5-2-1-4-13(14)18-7-8-22(9-11-28(18,24)25)19(23)15-12-16(26-21-15)17-6-3-10-27-17/h1-6,10,12,18H,7-9,11H2/t18-/m0/s1. The van der Waals surface area contributed by atoms with Crippen molar-refractivity contribution < 1.29 is 17.7 Å². The molecule has 1 fully saturated rings. The first-order valence-electron chi connectivity index (χ1n) is 8.71. The van der Waals surface area contributed by atoms with Gasteiger partial charge in [0, 0.05) is 24.2 Å². The summed E-state index contributed by atoms with van der Waals surface area (Å²) in [5.41, 5.74) is 0.761. The minimum absolute atomic E-state index is 0.114. The number of rotatable bonds is 3. The fraction of sp³-hybridized carbons (Fsp3) is 0.263. The van der Waals surface area contributed by atoms with Gasteiger partial charge in [0.25, 0.3) is 5.91 Å². The second-order valence-corrected chi connectivity index (χ2v) is 10.2. The van der Waals surface area contributed by atoms with Gasteiger partial charge in [0.15, 0.2) is 21.3 Å². The number of nitrogens with zero attached hydrogens (tertiary/aromatic N) is 2. The third-order valence-electron chi connectivity index (χ3n) is 4.77. The van der Waals surface area contributed by atoms with Crippen LogP contribution < -0.4 is 0 Å². The van der Waals surface area contributed by atoms with Crippen LogP contribution in [0, 0.1) is 0 Å². The number of amides is 1. The van der Waals surface area contributed by atoms with Crippen LogP contribution in [0.5, 0.6) is 0 Å². The van der Waals surface area contributed by atoms with E-state index in [1.54, 1.807) is 30.3 Å². The quantitative estimate of drug-likeness (QED) is 0.618. The van der Waals surface area contributed by atoms with E-state index in [4.69, 9.17) is 16.1 Å². The molecule has 28 heavy (non-hydrogen) atoms. The summed E-state index contributed by atoms with van der Waals surface area (Å²) < 4.78 is 30.9. The van der Waals surface area contributed by atoms with Crippen molar-refractivity contribution >= 4 is 38.7 Å². The van der Waals surface area contributed by atoms with E-state index in [0.29, 0.717) is 22.9 Å². The Bertz CT molecular complexity index is 1090. The molecule has 0 aliphatic carbocycles. The molecule has 0 radical (unpaired) electrons. The van der Waals surface area contributed by atoms with Gasteiger partial charge < -0.3 is 9.42 Å². The van der Waals surface area contributed by atoms with Gasteiger partial charge in [-0.2, -0.15) is 0 Å². The van der Waals surface area contributed by atoms with Gasteiger partial charge in [-0.05, 0) is 29.5 Å². The first kappa shape index (κ1) is 19.2. The number of sulfone groups is 1. The van der Waals surface area contributed by atoms with Crippen molar-refractivity contribution in [3.8, 4) is 10.6 Å². The zero-order chi connectivity index (χ0) is 19.7. The number of hydrogen-bond acceptors (Lipinski definition) is 6. The molecule has 1 aliphatic rings. The molecule has 1 aromatic carbocycles. The summed E-state index contributed by atoms with van der Waals surface area (Å²) in [4.78, 5) is 15.2. The van der Waals surface area contributed by atoms with E-state index in [1.807, 2.05) is 17.5 Å². The van der Waals surface area contributed by atoms with Crippen LogP contribution in [0.25, 0.3) is 10.6 Å². The van der Waals surface area contributed by atoms with E-state index >= 15 is 0 Å². The molecular weight excluding hydrogens is 420 g/mol. The molecule has 0 saturated carbocycles. The lowest BCUT2D eigenvalue weighted by Crippen LogP contribution is -2.33. The normalized spacial score (nSPS) is 19.3. The third-order valence-corrected chi connectivity index (χ3v) is 8.11. The number of carbonyl (C=O) groups is 1. The Morgan fingerprint density at radius 2 is 2.04 bits per heavy atom. The highest BCUT2D eigenvalue weighted by Crippen LogP contribution is 2.34. The van der Waals surface area contributed by atoms with Gasteiger partial charge >= 0.3 is 0 Å². The molecule has 0 N–H and O–H groups in total. The molecule has 4 rings (SSSR count). The van der Waals surface area contributed by atoms with E-state index in [2.05, 4.69) is 5.16 Å². The Balaban J connectivity index is 1.55. The highest BCUT2D eigenvalue weighted by molar-refractivity contribution is 7.91. The summed E-state index contributed by atoms with van der Waals surface area (Å²) in [7, 11) is -3.43.